The second kappa shape index (κ2) is 220. The molecular weight excluding hydrogens is 1530 g/mol. The summed E-state index contributed by atoms with van der Waals surface area (Å²) in [5.41, 5.74) is 0. The van der Waals surface area contributed by atoms with E-state index in [1.807, 2.05) is 0 Å². The van der Waals surface area contributed by atoms with E-state index in [2.05, 4.69) is 0 Å². The Bertz CT molecular complexity index is 38.9. The monoisotopic (exact) mass is 1530 g/mol. The van der Waals surface area contributed by atoms with Crippen LogP contribution in [0, 0.1) is 0 Å². The second-order valence-corrected chi connectivity index (χ2v) is 0. The molecule has 0 atom stereocenters. The van der Waals surface area contributed by atoms with Gasteiger partial charge in [-0.05, 0) is 0 Å². The molecule has 0 saturated heterocycles. The zero-order valence-electron chi connectivity index (χ0n) is 6.75. The predicted octanol–water partition coefficient (Wildman–Crippen LogP) is 1.41. The largest absolute Gasteiger partial charge is 5.00 e. The van der Waals surface area contributed by atoms with Crippen LogP contribution in [0.25, 0.3) is 30.8 Å². The molecule has 17 heteroatoms. The van der Waals surface area contributed by atoms with Crippen molar-refractivity contribution in [3.63, 3.8) is 0 Å². The molecule has 0 rings (SSSR count). The summed E-state index contributed by atoms with van der Waals surface area (Å²) in [4.78, 5) is 0. The maximum Gasteiger partial charge on any atom is 5.00 e. The maximum absolute atomic E-state index is 0. The molecule has 0 N–H and O–H groups in total. The average Bonchev–Trinajstić information content (AvgIpc) is 0. The molecule has 0 amide bonds. The van der Waals surface area contributed by atoms with Gasteiger partial charge < -0.3 is 30.8 Å². The molecule has 0 unspecified atom stereocenters. The predicted molar refractivity (Wildman–Crippen MR) is 16.8 cm³/mol. The van der Waals surface area contributed by atoms with Gasteiger partial charge in [0, 0.05) is 166 Å². The Balaban J connectivity index is 0. The van der Waals surface area contributed by atoms with Crippen molar-refractivity contribution in [1.82, 2.24) is 0 Å². The Labute approximate surface area is 258 Å². The van der Waals surface area contributed by atoms with Gasteiger partial charge in [-0.3, -0.25) is 0 Å². The molecule has 0 spiro atoms. The first-order chi connectivity index (χ1) is 0. The quantitative estimate of drug-likeness (QED) is 0.345. The van der Waals surface area contributed by atoms with E-state index in [1.54, 1.807) is 0 Å². The molecule has 115 valence electrons. The molecule has 0 fully saturated rings. The summed E-state index contributed by atoms with van der Waals surface area (Å²) >= 11 is 0. The van der Waals surface area contributed by atoms with Gasteiger partial charge in [0.05, 0.1) is 0 Å². The van der Waals surface area contributed by atoms with E-state index in [4.69, 9.17) is 0 Å². The third kappa shape index (κ3) is 201. The van der Waals surface area contributed by atoms with Crippen LogP contribution in [0.1, 0.15) is 0 Å². The summed E-state index contributed by atoms with van der Waals surface area (Å²) in [7, 11) is 0. The summed E-state index contributed by atoms with van der Waals surface area (Å²) in [6.45, 7) is 0. The summed E-state index contributed by atoms with van der Waals surface area (Å²) in [5.74, 6) is 0. The molecule has 17 heavy (non-hydrogen) atoms. The minimum absolute atomic E-state index is 0. The Morgan fingerprint density at radius 3 is 0.294 bits per heavy atom. The molecule has 0 aromatic carbocycles. The fourth-order valence-corrected chi connectivity index (χ4v) is 0. The molecule has 0 bridgehead atoms. The zero-order valence-corrected chi connectivity index (χ0v) is 30.2. The first-order valence-corrected chi connectivity index (χ1v) is 0. The molecular formula is Co3Cr3N5Pt3Ta3. The van der Waals surface area contributed by atoms with Crippen molar-refractivity contribution in [2.75, 3.05) is 0 Å². The third-order valence-corrected chi connectivity index (χ3v) is 0. The van der Waals surface area contributed by atoms with Crippen molar-refractivity contribution >= 4 is 0 Å². The number of nitrogens with zero attached hydrogens (tertiary/aromatic N) is 5. The molecule has 0 aliphatic carbocycles. The molecule has 0 aliphatic rings. The van der Waals surface area contributed by atoms with Crippen LogP contribution >= 0.6 is 0 Å². The van der Waals surface area contributed by atoms with Crippen LogP contribution in [0.5, 0.6) is 0 Å². The van der Waals surface area contributed by atoms with Gasteiger partial charge in [-0.15, -0.1) is 0 Å². The van der Waals surface area contributed by atoms with Gasteiger partial charge in [0.15, 0.2) is 0 Å². The van der Waals surface area contributed by atoms with Gasteiger partial charge in [-0.1, -0.05) is 0 Å². The van der Waals surface area contributed by atoms with E-state index in [1.165, 1.54) is 0 Å². The molecule has 0 heterocycles. The van der Waals surface area contributed by atoms with E-state index in [0.717, 1.165) is 0 Å². The third-order valence-electron chi connectivity index (χ3n) is 0. The smallest absolute Gasteiger partial charge is 3.00 e. The second-order valence-electron chi connectivity index (χ2n) is 0. The van der Waals surface area contributed by atoms with Crippen LogP contribution in [0.4, 0.5) is 0 Å². The van der Waals surface area contributed by atoms with Crippen LogP contribution in [0.15, 0.2) is 0 Å². The Morgan fingerprint density at radius 1 is 0.294 bits per heavy atom. The first-order valence-electron chi connectivity index (χ1n) is 0. The van der Waals surface area contributed by atoms with Crippen LogP contribution in [-0.2, 0) is 233 Å². The minimum Gasteiger partial charge on any atom is -3.00 e. The SMILES string of the molecule is [Co].[Co].[Co].[Cr].[Cr].[Cr].[N-3].[N-3].[N-3].[N-3].[N-3].[Pt].[Pt].[Pt].[Ta+5].[Ta+5].[Ta+5]. The molecule has 0 saturated carbocycles. The van der Waals surface area contributed by atoms with Crippen molar-refractivity contribution in [3.05, 3.63) is 30.8 Å². The number of hydrogen-bond acceptors (Lipinski definition) is 0. The standard InChI is InChI=1S/3Co.3Cr.5N.3Pt.3Ta/q;;;;;;5*-3;;;;3*+5. The Kier molecular flexibility index (Phi) is 3260. The van der Waals surface area contributed by atoms with Gasteiger partial charge in [-0.2, -0.15) is 0 Å². The molecule has 3 radical (unpaired) electrons. The Morgan fingerprint density at radius 2 is 0.294 bits per heavy atom. The Hall–Kier alpha value is 7.20. The summed E-state index contributed by atoms with van der Waals surface area (Å²) in [6.07, 6.45) is 0. The van der Waals surface area contributed by atoms with Crippen molar-refractivity contribution < 1.29 is 233 Å². The average molecular weight is 1530 g/mol. The molecule has 5 nitrogen and oxygen atoms in total. The number of hydrogen-bond donors (Lipinski definition) is 0. The van der Waals surface area contributed by atoms with E-state index in [0.29, 0.717) is 0 Å². The molecule has 0 aromatic rings. The fraction of sp³-hybridized carbons (Fsp3) is 0. The maximum atomic E-state index is 0. The number of rotatable bonds is 0. The molecule has 0 aromatic heterocycles. The van der Waals surface area contributed by atoms with Crippen LogP contribution in [0.3, 0.4) is 0 Å². The topological polar surface area (TPSA) is 152 Å². The van der Waals surface area contributed by atoms with Crippen LogP contribution < -0.4 is 0 Å². The zero-order chi connectivity index (χ0) is 0. The van der Waals surface area contributed by atoms with Crippen molar-refractivity contribution in [3.8, 4) is 0 Å². The summed E-state index contributed by atoms with van der Waals surface area (Å²) < 4.78 is 0. The van der Waals surface area contributed by atoms with Gasteiger partial charge in [0.2, 0.25) is 0 Å². The van der Waals surface area contributed by atoms with Gasteiger partial charge >= 0.3 is 67.1 Å². The normalized spacial score (nSPS) is 0. The fourth-order valence-electron chi connectivity index (χ4n) is 0. The van der Waals surface area contributed by atoms with Crippen molar-refractivity contribution in [2.45, 2.75) is 0 Å². The van der Waals surface area contributed by atoms with Gasteiger partial charge in [0.1, 0.15) is 0 Å². The van der Waals surface area contributed by atoms with Gasteiger partial charge in [0.25, 0.3) is 0 Å². The van der Waals surface area contributed by atoms with E-state index in [-0.39, 0.29) is 264 Å². The minimum atomic E-state index is 0. The van der Waals surface area contributed by atoms with E-state index in [9.17, 15) is 0 Å². The van der Waals surface area contributed by atoms with Crippen LogP contribution in [-0.4, -0.2) is 0 Å². The first kappa shape index (κ1) is 251. The van der Waals surface area contributed by atoms with Gasteiger partial charge in [-0.25, -0.2) is 0 Å². The van der Waals surface area contributed by atoms with Crippen molar-refractivity contribution in [2.24, 2.45) is 0 Å². The van der Waals surface area contributed by atoms with Crippen LogP contribution in [0.2, 0.25) is 0 Å². The summed E-state index contributed by atoms with van der Waals surface area (Å²) in [5, 5.41) is 0. The van der Waals surface area contributed by atoms with Crippen molar-refractivity contribution in [1.29, 1.82) is 0 Å². The van der Waals surface area contributed by atoms with E-state index < -0.39 is 0 Å². The molecule has 0 aliphatic heterocycles. The van der Waals surface area contributed by atoms with E-state index >= 15 is 0 Å². The summed E-state index contributed by atoms with van der Waals surface area (Å²) in [6, 6.07) is 0.